The van der Waals surface area contributed by atoms with Crippen LogP contribution in [0.3, 0.4) is 0 Å². The Bertz CT molecular complexity index is 593. The van der Waals surface area contributed by atoms with Crippen molar-refractivity contribution in [3.05, 3.63) is 29.3 Å². The van der Waals surface area contributed by atoms with E-state index >= 15 is 0 Å². The van der Waals surface area contributed by atoms with Gasteiger partial charge in [-0.2, -0.15) is 11.8 Å². The molecule has 6 heteroatoms. The number of rotatable bonds is 5. The number of hydrogen-bond acceptors (Lipinski definition) is 4. The maximum Gasteiger partial charge on any atom is 0.240 e. The molecule has 0 radical (unpaired) electrons. The van der Waals surface area contributed by atoms with Gasteiger partial charge in [0.05, 0.1) is 10.5 Å². The van der Waals surface area contributed by atoms with E-state index in [1.807, 2.05) is 31.7 Å². The molecule has 1 heterocycles. The molecule has 4 nitrogen and oxygen atoms in total. The Morgan fingerprint density at radius 1 is 1.24 bits per heavy atom. The van der Waals surface area contributed by atoms with Crippen LogP contribution in [0.25, 0.3) is 0 Å². The Morgan fingerprint density at radius 3 is 2.48 bits per heavy atom. The summed E-state index contributed by atoms with van der Waals surface area (Å²) >= 11 is 1.89. The molecule has 1 aliphatic rings. The highest BCUT2D eigenvalue weighted by Gasteiger charge is 2.33. The molecule has 1 N–H and O–H groups in total. The zero-order chi connectivity index (χ0) is 15.5. The molecule has 0 aromatic heterocycles. The van der Waals surface area contributed by atoms with Gasteiger partial charge >= 0.3 is 0 Å². The first kappa shape index (κ1) is 16.8. The molecular formula is C15H23NO3S2. The van der Waals surface area contributed by atoms with Gasteiger partial charge in [-0.3, -0.25) is 0 Å². The number of aryl methyl sites for hydroxylation is 2. The fourth-order valence-electron chi connectivity index (χ4n) is 2.39. The van der Waals surface area contributed by atoms with Crippen molar-refractivity contribution in [2.75, 3.05) is 25.2 Å². The SMILES string of the molecule is COC1(CNS(=O)(=O)c2ccc(C)c(C)c2)CCSCC1. The van der Waals surface area contributed by atoms with Gasteiger partial charge in [-0.1, -0.05) is 6.07 Å². The molecule has 0 bridgehead atoms. The minimum Gasteiger partial charge on any atom is -0.377 e. The first-order chi connectivity index (χ1) is 9.88. The largest absolute Gasteiger partial charge is 0.377 e. The molecule has 1 fully saturated rings. The van der Waals surface area contributed by atoms with Crippen molar-refractivity contribution in [2.24, 2.45) is 0 Å². The molecule has 0 spiro atoms. The van der Waals surface area contributed by atoms with Crippen molar-refractivity contribution in [1.82, 2.24) is 4.72 Å². The van der Waals surface area contributed by atoms with E-state index in [-0.39, 0.29) is 5.60 Å². The Hall–Kier alpha value is -0.560. The first-order valence-electron chi connectivity index (χ1n) is 7.08. The van der Waals surface area contributed by atoms with Crippen molar-refractivity contribution in [2.45, 2.75) is 37.2 Å². The van der Waals surface area contributed by atoms with E-state index in [1.54, 1.807) is 19.2 Å². The van der Waals surface area contributed by atoms with E-state index in [9.17, 15) is 8.42 Å². The Morgan fingerprint density at radius 2 is 1.90 bits per heavy atom. The molecule has 0 unspecified atom stereocenters. The van der Waals surface area contributed by atoms with Gasteiger partial charge in [0.15, 0.2) is 0 Å². The molecule has 1 saturated heterocycles. The van der Waals surface area contributed by atoms with Crippen molar-refractivity contribution in [1.29, 1.82) is 0 Å². The monoisotopic (exact) mass is 329 g/mol. The number of thioether (sulfide) groups is 1. The number of sulfonamides is 1. The van der Waals surface area contributed by atoms with E-state index in [0.29, 0.717) is 11.4 Å². The van der Waals surface area contributed by atoms with Crippen LogP contribution in [0, 0.1) is 13.8 Å². The number of methoxy groups -OCH3 is 1. The zero-order valence-electron chi connectivity index (χ0n) is 12.8. The second kappa shape index (κ2) is 6.69. The van der Waals surface area contributed by atoms with Crippen molar-refractivity contribution < 1.29 is 13.2 Å². The van der Waals surface area contributed by atoms with Crippen LogP contribution in [0.2, 0.25) is 0 Å². The summed E-state index contributed by atoms with van der Waals surface area (Å²) in [6.07, 6.45) is 1.76. The predicted molar refractivity (Wildman–Crippen MR) is 87.4 cm³/mol. The van der Waals surface area contributed by atoms with Gasteiger partial charge in [0.25, 0.3) is 0 Å². The maximum absolute atomic E-state index is 12.4. The molecule has 0 amide bonds. The summed E-state index contributed by atoms with van der Waals surface area (Å²) in [4.78, 5) is 0.321. The number of ether oxygens (including phenoxy) is 1. The lowest BCUT2D eigenvalue weighted by molar-refractivity contribution is -0.0119. The Labute approximate surface area is 131 Å². The highest BCUT2D eigenvalue weighted by Crippen LogP contribution is 2.29. The fourth-order valence-corrected chi connectivity index (χ4v) is 4.82. The van der Waals surface area contributed by atoms with Gasteiger partial charge in [0, 0.05) is 13.7 Å². The molecule has 0 aliphatic carbocycles. The average Bonchev–Trinajstić information content (AvgIpc) is 2.49. The minimum atomic E-state index is -3.48. The lowest BCUT2D eigenvalue weighted by Gasteiger charge is -2.35. The zero-order valence-corrected chi connectivity index (χ0v) is 14.4. The van der Waals surface area contributed by atoms with Crippen LogP contribution in [0.4, 0.5) is 0 Å². The van der Waals surface area contributed by atoms with Gasteiger partial charge in [-0.05, 0) is 61.5 Å². The van der Waals surface area contributed by atoms with Crippen LogP contribution in [0.5, 0.6) is 0 Å². The summed E-state index contributed by atoms with van der Waals surface area (Å²) in [5.74, 6) is 2.03. The molecule has 1 aromatic rings. The summed E-state index contributed by atoms with van der Waals surface area (Å²) in [5, 5.41) is 0. The Balaban J connectivity index is 2.11. The van der Waals surface area contributed by atoms with Crippen LogP contribution < -0.4 is 4.72 Å². The van der Waals surface area contributed by atoms with Crippen LogP contribution >= 0.6 is 11.8 Å². The third-order valence-electron chi connectivity index (χ3n) is 4.21. The highest BCUT2D eigenvalue weighted by atomic mass is 32.2. The standard InChI is InChI=1S/C15H23NO3S2/c1-12-4-5-14(10-13(12)2)21(17,18)16-11-15(19-3)6-8-20-9-7-15/h4-5,10,16H,6-9,11H2,1-3H3. The van der Waals surface area contributed by atoms with E-state index in [4.69, 9.17) is 4.74 Å². The second-order valence-corrected chi connectivity index (χ2v) is 8.56. The van der Waals surface area contributed by atoms with Gasteiger partial charge in [0.1, 0.15) is 0 Å². The van der Waals surface area contributed by atoms with E-state index in [2.05, 4.69) is 4.72 Å². The molecular weight excluding hydrogens is 306 g/mol. The van der Waals surface area contributed by atoms with Gasteiger partial charge in [-0.15, -0.1) is 0 Å². The summed E-state index contributed by atoms with van der Waals surface area (Å²) in [5.41, 5.74) is 1.71. The van der Waals surface area contributed by atoms with E-state index in [1.165, 1.54) is 0 Å². The minimum absolute atomic E-state index is 0.321. The van der Waals surface area contributed by atoms with Crippen LogP contribution in [-0.4, -0.2) is 39.2 Å². The topological polar surface area (TPSA) is 55.4 Å². The molecule has 1 aromatic carbocycles. The molecule has 21 heavy (non-hydrogen) atoms. The molecule has 118 valence electrons. The second-order valence-electron chi connectivity index (χ2n) is 5.57. The number of nitrogens with one attached hydrogen (secondary N) is 1. The molecule has 1 aliphatic heterocycles. The van der Waals surface area contributed by atoms with Crippen molar-refractivity contribution >= 4 is 21.8 Å². The highest BCUT2D eigenvalue weighted by molar-refractivity contribution is 7.99. The van der Waals surface area contributed by atoms with Gasteiger partial charge in [0.2, 0.25) is 10.0 Å². The predicted octanol–water partition coefficient (Wildman–Crippen LogP) is 2.49. The lowest BCUT2D eigenvalue weighted by Crippen LogP contribution is -2.46. The summed E-state index contributed by atoms with van der Waals surface area (Å²) in [7, 11) is -1.82. The summed E-state index contributed by atoms with van der Waals surface area (Å²) in [6.45, 7) is 4.22. The van der Waals surface area contributed by atoms with E-state index < -0.39 is 10.0 Å². The maximum atomic E-state index is 12.4. The van der Waals surface area contributed by atoms with Crippen LogP contribution in [-0.2, 0) is 14.8 Å². The molecule has 0 atom stereocenters. The van der Waals surface area contributed by atoms with Crippen molar-refractivity contribution in [3.8, 4) is 0 Å². The normalized spacial score (nSPS) is 18.6. The summed E-state index contributed by atoms with van der Waals surface area (Å²) < 4.78 is 33.2. The van der Waals surface area contributed by atoms with Crippen LogP contribution in [0.1, 0.15) is 24.0 Å². The van der Waals surface area contributed by atoms with Crippen LogP contribution in [0.15, 0.2) is 23.1 Å². The third-order valence-corrected chi connectivity index (χ3v) is 6.59. The average molecular weight is 329 g/mol. The lowest BCUT2D eigenvalue weighted by atomic mass is 9.97. The quantitative estimate of drug-likeness (QED) is 0.902. The Kier molecular flexibility index (Phi) is 5.35. The number of benzene rings is 1. The third kappa shape index (κ3) is 4.00. The van der Waals surface area contributed by atoms with Crippen molar-refractivity contribution in [3.63, 3.8) is 0 Å². The molecule has 2 rings (SSSR count). The smallest absolute Gasteiger partial charge is 0.240 e. The first-order valence-corrected chi connectivity index (χ1v) is 9.72. The summed E-state index contributed by atoms with van der Waals surface area (Å²) in [6, 6.07) is 5.21. The van der Waals surface area contributed by atoms with Gasteiger partial charge in [-0.25, -0.2) is 13.1 Å². The fraction of sp³-hybridized carbons (Fsp3) is 0.600. The van der Waals surface area contributed by atoms with E-state index in [0.717, 1.165) is 35.5 Å². The van der Waals surface area contributed by atoms with Gasteiger partial charge < -0.3 is 4.74 Å². The molecule has 0 saturated carbocycles. The number of hydrogen-bond donors (Lipinski definition) is 1.